The van der Waals surface area contributed by atoms with Crippen LogP contribution in [0.2, 0.25) is 10.3 Å². The van der Waals surface area contributed by atoms with Gasteiger partial charge in [0, 0.05) is 49.3 Å². The van der Waals surface area contributed by atoms with Crippen molar-refractivity contribution in [3.8, 4) is 28.2 Å². The maximum atomic E-state index is 14.4. The maximum absolute atomic E-state index is 14.4. The van der Waals surface area contributed by atoms with Gasteiger partial charge in [-0.05, 0) is 27.7 Å². The average Bonchev–Trinajstić information content (AvgIpc) is 3.59. The molecule has 3 atom stereocenters. The zero-order valence-electron chi connectivity index (χ0n) is 31.4. The number of carbonyl (C=O) groups excluding carboxylic acids is 1. The summed E-state index contributed by atoms with van der Waals surface area (Å²) in [4.78, 5) is 39.7. The monoisotopic (exact) mass is 916 g/mol. The number of anilines is 3. The highest BCUT2D eigenvalue weighted by Gasteiger charge is 2.39. The molecule has 0 aliphatic carbocycles. The van der Waals surface area contributed by atoms with Crippen molar-refractivity contribution in [2.45, 2.75) is 52.1 Å². The number of amides is 1. The van der Waals surface area contributed by atoms with Gasteiger partial charge in [0.1, 0.15) is 68.9 Å². The Morgan fingerprint density at radius 2 is 1.07 bits per heavy atom. The molecule has 0 fully saturated rings. The Kier molecular flexibility index (Phi) is 13.0. The molecule has 326 valence electrons. The molecule has 4 heterocycles. The predicted octanol–water partition coefficient (Wildman–Crippen LogP) is 8.92. The highest BCUT2D eigenvalue weighted by Crippen LogP contribution is 2.41. The standard InChI is InChI=1S/C18H14ClF6N5O.C17H12ClF6N5O/c1-7-6-29(3)30(16(7)31)17-27-14(19)13(12-10(21)4-9(20)5-11(12)22)15(28-17)26-8(2)18(23,24)25;1-6-5-25-29(15(6)30)16-27-13(18)12(11-9(20)3-8(19)4-10(11)21)14(28-16)26-7(2)17(22,23)24/h4-6,8H,1-3H3,(H,26,27,28);3-7H,1-2H3,(H,26,27,28)/t8-;6?,7-/m00/s1. The van der Waals surface area contributed by atoms with E-state index < -0.39 is 133 Å². The van der Waals surface area contributed by atoms with Gasteiger partial charge in [-0.15, -0.1) is 0 Å². The Morgan fingerprint density at radius 1 is 0.672 bits per heavy atom. The lowest BCUT2D eigenvalue weighted by atomic mass is 10.1. The number of halogens is 14. The minimum atomic E-state index is -4.76. The van der Waals surface area contributed by atoms with E-state index in [9.17, 15) is 62.3 Å². The largest absolute Gasteiger partial charge is 0.408 e. The van der Waals surface area contributed by atoms with Crippen LogP contribution in [0.3, 0.4) is 0 Å². The van der Waals surface area contributed by atoms with E-state index in [1.165, 1.54) is 38.0 Å². The topological polar surface area (TPSA) is 135 Å². The molecular formula is C35H26Cl2F12N10O2. The smallest absolute Gasteiger partial charge is 0.358 e. The van der Waals surface area contributed by atoms with Crippen LogP contribution >= 0.6 is 23.2 Å². The molecule has 0 saturated heterocycles. The van der Waals surface area contributed by atoms with Crippen LogP contribution in [0.1, 0.15) is 26.3 Å². The molecule has 26 heteroatoms. The summed E-state index contributed by atoms with van der Waals surface area (Å²) in [6, 6.07) is -3.11. The van der Waals surface area contributed by atoms with Crippen LogP contribution in [0.4, 0.5) is 70.3 Å². The number of aromatic nitrogens is 6. The summed E-state index contributed by atoms with van der Waals surface area (Å²) < 4.78 is 165. The molecule has 1 aliphatic heterocycles. The molecular weight excluding hydrogens is 891 g/mol. The highest BCUT2D eigenvalue weighted by molar-refractivity contribution is 6.33. The van der Waals surface area contributed by atoms with Crippen LogP contribution in [0.25, 0.3) is 28.2 Å². The van der Waals surface area contributed by atoms with E-state index in [2.05, 4.69) is 25.0 Å². The third-order valence-electron chi connectivity index (χ3n) is 8.52. The van der Waals surface area contributed by atoms with E-state index in [0.29, 0.717) is 29.3 Å². The molecule has 0 bridgehead atoms. The van der Waals surface area contributed by atoms with Crippen molar-refractivity contribution in [2.24, 2.45) is 18.1 Å². The minimum Gasteiger partial charge on any atom is -0.358 e. The lowest BCUT2D eigenvalue weighted by Crippen LogP contribution is -2.34. The summed E-state index contributed by atoms with van der Waals surface area (Å²) in [6.45, 7) is 4.48. The SMILES string of the molecule is CC1C=NN(c2nc(Cl)c(-c3c(F)cc(F)cc3F)c(N[C@@H](C)C(F)(F)F)n2)C1=O.Cc1cn(C)n(-c2nc(Cl)c(-c3c(F)cc(F)cc3F)c(N[C@@H](C)C(F)(F)F)n2)c1=O. The number of hydrogen-bond donors (Lipinski definition) is 2. The van der Waals surface area contributed by atoms with Crippen LogP contribution in [-0.4, -0.2) is 65.9 Å². The van der Waals surface area contributed by atoms with Gasteiger partial charge in [-0.2, -0.15) is 61.1 Å². The number of nitrogens with one attached hydrogen (secondary N) is 2. The molecule has 1 unspecified atom stereocenters. The number of hydrogen-bond acceptors (Lipinski definition) is 9. The van der Waals surface area contributed by atoms with Crippen molar-refractivity contribution in [1.29, 1.82) is 0 Å². The van der Waals surface area contributed by atoms with Crippen molar-refractivity contribution >= 4 is 52.9 Å². The Morgan fingerprint density at radius 3 is 1.41 bits per heavy atom. The molecule has 5 aromatic rings. The van der Waals surface area contributed by atoms with Crippen LogP contribution in [-0.2, 0) is 11.8 Å². The summed E-state index contributed by atoms with van der Waals surface area (Å²) >= 11 is 12.1. The Balaban J connectivity index is 0.000000231. The van der Waals surface area contributed by atoms with E-state index in [-0.39, 0.29) is 5.56 Å². The summed E-state index contributed by atoms with van der Waals surface area (Å²) in [7, 11) is 1.45. The maximum Gasteiger partial charge on any atom is 0.408 e. The third-order valence-corrected chi connectivity index (χ3v) is 9.06. The molecule has 61 heavy (non-hydrogen) atoms. The van der Waals surface area contributed by atoms with Gasteiger partial charge in [-0.3, -0.25) is 14.3 Å². The van der Waals surface area contributed by atoms with Gasteiger partial charge in [0.15, 0.2) is 0 Å². The normalized spacial score (nSPS) is 15.2. The Labute approximate surface area is 344 Å². The molecule has 0 radical (unpaired) electrons. The molecule has 2 aromatic carbocycles. The second-order valence-electron chi connectivity index (χ2n) is 13.1. The van der Waals surface area contributed by atoms with Gasteiger partial charge in [-0.25, -0.2) is 26.3 Å². The Bertz CT molecular complexity index is 2570. The van der Waals surface area contributed by atoms with E-state index in [4.69, 9.17) is 23.2 Å². The molecule has 1 aliphatic rings. The second kappa shape index (κ2) is 17.2. The van der Waals surface area contributed by atoms with Crippen LogP contribution in [0.15, 0.2) is 40.4 Å². The van der Waals surface area contributed by atoms with Crippen LogP contribution in [0.5, 0.6) is 0 Å². The van der Waals surface area contributed by atoms with Gasteiger partial charge < -0.3 is 10.6 Å². The van der Waals surface area contributed by atoms with Crippen molar-refractivity contribution in [1.82, 2.24) is 29.3 Å². The number of benzene rings is 2. The first-order valence-corrected chi connectivity index (χ1v) is 17.7. The Hall–Kier alpha value is -5.91. The number of hydrazone groups is 1. The molecule has 0 saturated carbocycles. The molecule has 0 spiro atoms. The van der Waals surface area contributed by atoms with E-state index in [1.807, 2.05) is 10.6 Å². The molecule has 6 rings (SSSR count). The number of carbonyl (C=O) groups is 1. The molecule has 1 amide bonds. The average molecular weight is 918 g/mol. The van der Waals surface area contributed by atoms with E-state index in [0.717, 1.165) is 18.5 Å². The number of aryl methyl sites for hydroxylation is 2. The fraction of sp³-hybridized carbons (Fsp3) is 0.286. The quantitative estimate of drug-likeness (QED) is 0.117. The van der Waals surface area contributed by atoms with Gasteiger partial charge in [-0.1, -0.05) is 23.2 Å². The van der Waals surface area contributed by atoms with Gasteiger partial charge in [0.25, 0.3) is 23.4 Å². The number of rotatable bonds is 8. The number of nitrogens with zero attached hydrogens (tertiary/aromatic N) is 8. The van der Waals surface area contributed by atoms with Gasteiger partial charge >= 0.3 is 12.4 Å². The third kappa shape index (κ3) is 9.69. The lowest BCUT2D eigenvalue weighted by molar-refractivity contribution is -0.139. The highest BCUT2D eigenvalue weighted by atomic mass is 35.5. The zero-order chi connectivity index (χ0) is 45.6. The fourth-order valence-electron chi connectivity index (χ4n) is 5.39. The second-order valence-corrected chi connectivity index (χ2v) is 13.8. The number of alkyl halides is 6. The first-order valence-electron chi connectivity index (χ1n) is 17.0. The molecule has 3 aromatic heterocycles. The first kappa shape index (κ1) is 46.2. The van der Waals surface area contributed by atoms with Crippen LogP contribution < -0.4 is 21.2 Å². The van der Waals surface area contributed by atoms with Gasteiger partial charge in [0.05, 0.1) is 28.2 Å². The molecule has 12 nitrogen and oxygen atoms in total. The van der Waals surface area contributed by atoms with Gasteiger partial charge in [0.2, 0.25) is 0 Å². The van der Waals surface area contributed by atoms with Crippen molar-refractivity contribution < 1.29 is 57.5 Å². The summed E-state index contributed by atoms with van der Waals surface area (Å²) in [6.07, 6.45) is -6.85. The first-order chi connectivity index (χ1) is 28.2. The lowest BCUT2D eigenvalue weighted by Gasteiger charge is -2.22. The minimum absolute atomic E-state index is 0.278. The van der Waals surface area contributed by atoms with Crippen LogP contribution in [0, 0.1) is 47.7 Å². The van der Waals surface area contributed by atoms with E-state index >= 15 is 0 Å². The van der Waals surface area contributed by atoms with E-state index in [1.54, 1.807) is 0 Å². The zero-order valence-corrected chi connectivity index (χ0v) is 32.9. The predicted molar refractivity (Wildman–Crippen MR) is 197 cm³/mol. The fourth-order valence-corrected chi connectivity index (χ4v) is 5.91. The van der Waals surface area contributed by atoms with Crippen molar-refractivity contribution in [3.05, 3.63) is 91.6 Å². The summed E-state index contributed by atoms with van der Waals surface area (Å²) in [5.74, 6) is -11.8. The summed E-state index contributed by atoms with van der Waals surface area (Å²) in [5, 5.41) is 7.09. The van der Waals surface area contributed by atoms with Crippen molar-refractivity contribution in [3.63, 3.8) is 0 Å². The van der Waals surface area contributed by atoms with Crippen molar-refractivity contribution in [2.75, 3.05) is 15.6 Å². The molecule has 2 N–H and O–H groups in total. The summed E-state index contributed by atoms with van der Waals surface area (Å²) in [5.41, 5.74) is -3.49.